The first-order chi connectivity index (χ1) is 11.1. The number of unbranched alkanes of at least 4 members (excludes halogenated alkanes) is 2. The van der Waals surface area contributed by atoms with Gasteiger partial charge in [0.15, 0.2) is 0 Å². The number of carbonyl (C=O) groups is 1. The molecule has 0 saturated carbocycles. The van der Waals surface area contributed by atoms with E-state index in [2.05, 4.69) is 22.5 Å². The molecule has 0 unspecified atom stereocenters. The zero-order chi connectivity index (χ0) is 16.7. The molecule has 2 rings (SSSR count). The number of benzene rings is 1. The van der Waals surface area contributed by atoms with Gasteiger partial charge >= 0.3 is 0 Å². The van der Waals surface area contributed by atoms with Crippen molar-refractivity contribution in [3.63, 3.8) is 0 Å². The van der Waals surface area contributed by atoms with Crippen LogP contribution < -0.4 is 10.6 Å². The maximum atomic E-state index is 12.0. The molecule has 1 aromatic heterocycles. The van der Waals surface area contributed by atoms with Crippen molar-refractivity contribution in [1.82, 2.24) is 10.3 Å². The van der Waals surface area contributed by atoms with Gasteiger partial charge in [0.1, 0.15) is 5.69 Å². The molecule has 2 N–H and O–H groups in total. The number of nitrogens with one attached hydrogen (secondary N) is 2. The number of hydrogen-bond acceptors (Lipinski definition) is 3. The molecule has 2 aromatic rings. The first kappa shape index (κ1) is 17.3. The quantitative estimate of drug-likeness (QED) is 0.722. The van der Waals surface area contributed by atoms with Crippen LogP contribution in [0.25, 0.3) is 0 Å². The van der Waals surface area contributed by atoms with Crippen molar-refractivity contribution in [1.29, 1.82) is 0 Å². The van der Waals surface area contributed by atoms with Gasteiger partial charge in [-0.1, -0.05) is 31.4 Å². The van der Waals surface area contributed by atoms with E-state index in [1.165, 1.54) is 0 Å². The molecule has 4 nitrogen and oxygen atoms in total. The van der Waals surface area contributed by atoms with Gasteiger partial charge in [0, 0.05) is 17.3 Å². The van der Waals surface area contributed by atoms with Gasteiger partial charge in [0.2, 0.25) is 0 Å². The molecule has 1 aromatic carbocycles. The molecule has 0 aliphatic carbocycles. The van der Waals surface area contributed by atoms with E-state index in [1.807, 2.05) is 31.2 Å². The van der Waals surface area contributed by atoms with Crippen LogP contribution in [0.4, 0.5) is 11.4 Å². The summed E-state index contributed by atoms with van der Waals surface area (Å²) in [5, 5.41) is 6.86. The molecule has 23 heavy (non-hydrogen) atoms. The molecule has 0 atom stereocenters. The molecule has 0 aliphatic rings. The van der Waals surface area contributed by atoms with Crippen molar-refractivity contribution in [2.24, 2.45) is 0 Å². The third-order valence-corrected chi connectivity index (χ3v) is 3.76. The van der Waals surface area contributed by atoms with Crippen molar-refractivity contribution in [2.75, 3.05) is 11.9 Å². The highest BCUT2D eigenvalue weighted by molar-refractivity contribution is 6.30. The van der Waals surface area contributed by atoms with Crippen molar-refractivity contribution in [3.8, 4) is 0 Å². The smallest absolute Gasteiger partial charge is 0.269 e. The number of hydrogen-bond donors (Lipinski definition) is 2. The molecular weight excluding hydrogens is 310 g/mol. The van der Waals surface area contributed by atoms with E-state index in [-0.39, 0.29) is 5.91 Å². The fourth-order valence-corrected chi connectivity index (χ4v) is 2.42. The van der Waals surface area contributed by atoms with Gasteiger partial charge in [-0.3, -0.25) is 4.79 Å². The highest BCUT2D eigenvalue weighted by atomic mass is 35.5. The number of carbonyl (C=O) groups excluding carboxylic acids is 1. The van der Waals surface area contributed by atoms with E-state index < -0.39 is 0 Å². The van der Waals surface area contributed by atoms with Crippen LogP contribution in [0.3, 0.4) is 0 Å². The fourth-order valence-electron chi connectivity index (χ4n) is 2.19. The van der Waals surface area contributed by atoms with Gasteiger partial charge in [0.05, 0.1) is 11.9 Å². The monoisotopic (exact) mass is 331 g/mol. The Balaban J connectivity index is 1.95. The molecule has 0 aliphatic heterocycles. The van der Waals surface area contributed by atoms with Gasteiger partial charge in [-0.25, -0.2) is 4.98 Å². The molecule has 0 saturated heterocycles. The Morgan fingerprint density at radius 1 is 1.22 bits per heavy atom. The van der Waals surface area contributed by atoms with E-state index in [9.17, 15) is 4.79 Å². The lowest BCUT2D eigenvalue weighted by molar-refractivity contribution is 0.0948. The van der Waals surface area contributed by atoms with Gasteiger partial charge in [-0.15, -0.1) is 0 Å². The number of amides is 1. The minimum absolute atomic E-state index is 0.129. The van der Waals surface area contributed by atoms with Crippen LogP contribution in [0.5, 0.6) is 0 Å². The van der Waals surface area contributed by atoms with Crippen molar-refractivity contribution < 1.29 is 4.79 Å². The van der Waals surface area contributed by atoms with Gasteiger partial charge in [-0.2, -0.15) is 0 Å². The van der Waals surface area contributed by atoms with E-state index >= 15 is 0 Å². The number of aromatic nitrogens is 1. The predicted octanol–water partition coefficient (Wildman–Crippen LogP) is 4.71. The fraction of sp³-hybridized carbons (Fsp3) is 0.333. The molecule has 1 heterocycles. The van der Waals surface area contributed by atoms with Crippen molar-refractivity contribution in [3.05, 3.63) is 52.8 Å². The van der Waals surface area contributed by atoms with Crippen LogP contribution in [0.1, 0.15) is 42.2 Å². The maximum absolute atomic E-state index is 12.0. The summed E-state index contributed by atoms with van der Waals surface area (Å²) in [6.45, 7) is 4.82. The summed E-state index contributed by atoms with van der Waals surface area (Å²) in [5.74, 6) is -0.129. The molecular formula is C18H22ClN3O. The minimum atomic E-state index is -0.129. The van der Waals surface area contributed by atoms with Gasteiger partial charge < -0.3 is 10.6 Å². The van der Waals surface area contributed by atoms with Crippen LogP contribution in [0.2, 0.25) is 5.02 Å². The molecule has 0 bridgehead atoms. The Morgan fingerprint density at radius 2 is 2.04 bits per heavy atom. The zero-order valence-electron chi connectivity index (χ0n) is 13.5. The second-order valence-corrected chi connectivity index (χ2v) is 5.92. The minimum Gasteiger partial charge on any atom is -0.354 e. The second kappa shape index (κ2) is 8.53. The van der Waals surface area contributed by atoms with Crippen molar-refractivity contribution >= 4 is 28.9 Å². The summed E-state index contributed by atoms with van der Waals surface area (Å²) in [6.07, 6.45) is 4.92. The topological polar surface area (TPSA) is 54.0 Å². The summed E-state index contributed by atoms with van der Waals surface area (Å²) in [7, 11) is 0. The third kappa shape index (κ3) is 5.25. The molecule has 0 spiro atoms. The second-order valence-electron chi connectivity index (χ2n) is 5.48. The standard InChI is InChI=1S/C18H22ClN3O/c1-3-4-5-10-20-18(23)17-9-7-15(12-21-17)22-16-8-6-14(19)11-13(16)2/h6-9,11-12,22H,3-5,10H2,1-2H3,(H,20,23). The van der Waals surface area contributed by atoms with E-state index in [1.54, 1.807) is 12.3 Å². The highest BCUT2D eigenvalue weighted by Crippen LogP contribution is 2.23. The largest absolute Gasteiger partial charge is 0.354 e. The summed E-state index contributed by atoms with van der Waals surface area (Å²) < 4.78 is 0. The Labute approximate surface area is 142 Å². The van der Waals surface area contributed by atoms with E-state index in [4.69, 9.17) is 11.6 Å². The zero-order valence-corrected chi connectivity index (χ0v) is 14.3. The summed E-state index contributed by atoms with van der Waals surface area (Å²) in [6, 6.07) is 9.23. The van der Waals surface area contributed by atoms with Crippen LogP contribution in [0.15, 0.2) is 36.5 Å². The molecule has 0 fully saturated rings. The van der Waals surface area contributed by atoms with Crippen LogP contribution in [-0.2, 0) is 0 Å². The molecule has 5 heteroatoms. The number of pyridine rings is 1. The number of halogens is 1. The van der Waals surface area contributed by atoms with Crippen molar-refractivity contribution in [2.45, 2.75) is 33.1 Å². The summed E-state index contributed by atoms with van der Waals surface area (Å²) in [5.41, 5.74) is 3.28. The maximum Gasteiger partial charge on any atom is 0.269 e. The Bertz CT molecular complexity index is 656. The van der Waals surface area contributed by atoms with Gasteiger partial charge in [0.25, 0.3) is 5.91 Å². The van der Waals surface area contributed by atoms with Gasteiger partial charge in [-0.05, 0) is 49.2 Å². The average molecular weight is 332 g/mol. The lowest BCUT2D eigenvalue weighted by atomic mass is 10.2. The molecule has 1 amide bonds. The highest BCUT2D eigenvalue weighted by Gasteiger charge is 2.07. The van der Waals surface area contributed by atoms with Crippen LogP contribution in [0, 0.1) is 6.92 Å². The van der Waals surface area contributed by atoms with Crippen LogP contribution in [-0.4, -0.2) is 17.4 Å². The summed E-state index contributed by atoms with van der Waals surface area (Å²) in [4.78, 5) is 16.2. The number of aryl methyl sites for hydroxylation is 1. The van der Waals surface area contributed by atoms with E-state index in [0.717, 1.165) is 36.2 Å². The summed E-state index contributed by atoms with van der Waals surface area (Å²) >= 11 is 5.95. The number of rotatable bonds is 7. The average Bonchev–Trinajstić information content (AvgIpc) is 2.55. The Kier molecular flexibility index (Phi) is 6.41. The lowest BCUT2D eigenvalue weighted by Crippen LogP contribution is -2.25. The number of nitrogens with zero attached hydrogens (tertiary/aromatic N) is 1. The lowest BCUT2D eigenvalue weighted by Gasteiger charge is -2.10. The van der Waals surface area contributed by atoms with Crippen LogP contribution >= 0.6 is 11.6 Å². The SMILES string of the molecule is CCCCCNC(=O)c1ccc(Nc2ccc(Cl)cc2C)cn1. The molecule has 0 radical (unpaired) electrons. The van der Waals surface area contributed by atoms with E-state index in [0.29, 0.717) is 17.3 Å². The Morgan fingerprint density at radius 3 is 2.70 bits per heavy atom. The normalized spacial score (nSPS) is 10.4. The first-order valence-electron chi connectivity index (χ1n) is 7.87. The predicted molar refractivity (Wildman–Crippen MR) is 95.6 cm³/mol. The molecule has 122 valence electrons. The number of anilines is 2. The Hall–Kier alpha value is -2.07. The third-order valence-electron chi connectivity index (χ3n) is 3.53. The first-order valence-corrected chi connectivity index (χ1v) is 8.25.